The molecule has 0 heterocycles. The molecule has 21 heavy (non-hydrogen) atoms. The van der Waals surface area contributed by atoms with Gasteiger partial charge in [0.2, 0.25) is 5.91 Å². The summed E-state index contributed by atoms with van der Waals surface area (Å²) in [7, 11) is 0. The molecule has 1 aromatic carbocycles. The van der Waals surface area contributed by atoms with Crippen molar-refractivity contribution in [3.63, 3.8) is 0 Å². The number of carbonyl (C=O) groups is 2. The molecule has 1 aromatic rings. The van der Waals surface area contributed by atoms with Crippen LogP contribution >= 0.6 is 11.6 Å². The van der Waals surface area contributed by atoms with Crippen molar-refractivity contribution < 1.29 is 14.3 Å². The van der Waals surface area contributed by atoms with Gasteiger partial charge in [0, 0.05) is 17.9 Å². The summed E-state index contributed by atoms with van der Waals surface area (Å²) in [6, 6.07) is 5.18. The largest absolute Gasteiger partial charge is 0.493 e. The number of nitrogens with one attached hydrogen (secondary N) is 1. The van der Waals surface area contributed by atoms with E-state index in [1.807, 2.05) is 19.1 Å². The maximum atomic E-state index is 11.7. The van der Waals surface area contributed by atoms with Gasteiger partial charge in [-0.05, 0) is 49.9 Å². The Morgan fingerprint density at radius 1 is 1.48 bits per heavy atom. The van der Waals surface area contributed by atoms with Crippen molar-refractivity contribution in [3.05, 3.63) is 28.8 Å². The molecule has 0 aromatic heterocycles. The molecule has 1 aliphatic rings. The normalized spacial score (nSPS) is 17.8. The van der Waals surface area contributed by atoms with Crippen molar-refractivity contribution in [2.75, 3.05) is 6.61 Å². The van der Waals surface area contributed by atoms with E-state index in [1.54, 1.807) is 6.07 Å². The van der Waals surface area contributed by atoms with Gasteiger partial charge < -0.3 is 10.1 Å². The monoisotopic (exact) mass is 309 g/mol. The van der Waals surface area contributed by atoms with Gasteiger partial charge in [0.1, 0.15) is 5.75 Å². The Hall–Kier alpha value is -1.55. The van der Waals surface area contributed by atoms with E-state index in [2.05, 4.69) is 5.32 Å². The third-order valence-electron chi connectivity index (χ3n) is 3.58. The highest BCUT2D eigenvalue weighted by molar-refractivity contribution is 6.30. The molecule has 1 unspecified atom stereocenters. The van der Waals surface area contributed by atoms with E-state index in [9.17, 15) is 9.59 Å². The van der Waals surface area contributed by atoms with Crippen molar-refractivity contribution in [2.24, 2.45) is 0 Å². The molecule has 1 aliphatic carbocycles. The number of aryl methyl sites for hydroxylation is 1. The number of Topliss-reactive ketones (excluding diaryl/α,β-unsaturated/α-hetero) is 1. The molecule has 114 valence electrons. The topological polar surface area (TPSA) is 55.4 Å². The molecule has 1 atom stereocenters. The summed E-state index contributed by atoms with van der Waals surface area (Å²) in [6.07, 6.45) is 3.23. The maximum Gasteiger partial charge on any atom is 0.220 e. The van der Waals surface area contributed by atoms with E-state index in [1.165, 1.54) is 0 Å². The predicted molar refractivity (Wildman–Crippen MR) is 81.7 cm³/mol. The number of halogens is 1. The van der Waals surface area contributed by atoms with Crippen LogP contribution in [0.15, 0.2) is 18.2 Å². The van der Waals surface area contributed by atoms with Crippen molar-refractivity contribution in [1.29, 1.82) is 0 Å². The predicted octanol–water partition coefficient (Wildman–Crippen LogP) is 3.05. The van der Waals surface area contributed by atoms with Crippen LogP contribution in [0.1, 0.15) is 37.7 Å². The number of carbonyl (C=O) groups excluding carboxylic acids is 2. The zero-order valence-corrected chi connectivity index (χ0v) is 12.9. The van der Waals surface area contributed by atoms with E-state index in [-0.39, 0.29) is 17.7 Å². The Morgan fingerprint density at radius 3 is 2.95 bits per heavy atom. The smallest absolute Gasteiger partial charge is 0.220 e. The van der Waals surface area contributed by atoms with Gasteiger partial charge in [0.05, 0.1) is 12.6 Å². The van der Waals surface area contributed by atoms with Crippen molar-refractivity contribution in [1.82, 2.24) is 5.32 Å². The number of hydrogen-bond acceptors (Lipinski definition) is 3. The molecule has 1 N–H and O–H groups in total. The zero-order valence-electron chi connectivity index (χ0n) is 12.2. The quantitative estimate of drug-likeness (QED) is 0.822. The van der Waals surface area contributed by atoms with Gasteiger partial charge in [-0.3, -0.25) is 9.59 Å². The lowest BCUT2D eigenvalue weighted by molar-refractivity contribution is -0.126. The second-order valence-electron chi connectivity index (χ2n) is 5.34. The lowest BCUT2D eigenvalue weighted by Crippen LogP contribution is -2.37. The molecule has 4 nitrogen and oxygen atoms in total. The minimum Gasteiger partial charge on any atom is -0.493 e. The molecule has 0 aliphatic heterocycles. The fourth-order valence-corrected chi connectivity index (χ4v) is 2.65. The summed E-state index contributed by atoms with van der Waals surface area (Å²) in [5.74, 6) is 0.855. The van der Waals surface area contributed by atoms with Gasteiger partial charge in [0.25, 0.3) is 0 Å². The lowest BCUT2D eigenvalue weighted by atomic mass is 10.2. The van der Waals surface area contributed by atoms with E-state index >= 15 is 0 Å². The Labute approximate surface area is 129 Å². The fourth-order valence-electron chi connectivity index (χ4n) is 2.42. The van der Waals surface area contributed by atoms with Crippen LogP contribution in [0.2, 0.25) is 5.02 Å². The highest BCUT2D eigenvalue weighted by atomic mass is 35.5. The third-order valence-corrected chi connectivity index (χ3v) is 3.82. The first kappa shape index (κ1) is 15.8. The SMILES string of the molecule is Cc1cc(Cl)ccc1OCCCC(=O)NC1CCCC1=O. The van der Waals surface area contributed by atoms with E-state index in [4.69, 9.17) is 16.3 Å². The number of rotatable bonds is 6. The Balaban J connectivity index is 1.67. The third kappa shape index (κ3) is 4.74. The van der Waals surface area contributed by atoms with Crippen LogP contribution in [-0.4, -0.2) is 24.3 Å². The minimum atomic E-state index is -0.267. The Morgan fingerprint density at radius 2 is 2.29 bits per heavy atom. The van der Waals surface area contributed by atoms with Gasteiger partial charge in [-0.2, -0.15) is 0 Å². The highest BCUT2D eigenvalue weighted by Crippen LogP contribution is 2.22. The van der Waals surface area contributed by atoms with Gasteiger partial charge in [0.15, 0.2) is 5.78 Å². The van der Waals surface area contributed by atoms with Gasteiger partial charge >= 0.3 is 0 Å². The molecule has 1 saturated carbocycles. The minimum absolute atomic E-state index is 0.0771. The average Bonchev–Trinajstić information content (AvgIpc) is 2.82. The maximum absolute atomic E-state index is 11.7. The van der Waals surface area contributed by atoms with Crippen LogP contribution in [0.3, 0.4) is 0 Å². The summed E-state index contributed by atoms with van der Waals surface area (Å²) >= 11 is 5.88. The van der Waals surface area contributed by atoms with E-state index in [0.29, 0.717) is 30.9 Å². The van der Waals surface area contributed by atoms with Crippen LogP contribution in [0.4, 0.5) is 0 Å². The van der Waals surface area contributed by atoms with Crippen molar-refractivity contribution in [3.8, 4) is 5.75 Å². The second-order valence-corrected chi connectivity index (χ2v) is 5.78. The summed E-state index contributed by atoms with van der Waals surface area (Å²) in [6.45, 7) is 2.40. The van der Waals surface area contributed by atoms with Crippen LogP contribution < -0.4 is 10.1 Å². The zero-order chi connectivity index (χ0) is 15.2. The molecule has 2 rings (SSSR count). The van der Waals surface area contributed by atoms with Crippen LogP contribution in [0, 0.1) is 6.92 Å². The molecule has 0 spiro atoms. The van der Waals surface area contributed by atoms with E-state index in [0.717, 1.165) is 24.2 Å². The lowest BCUT2D eigenvalue weighted by Gasteiger charge is -2.12. The first-order chi connectivity index (χ1) is 10.1. The fraction of sp³-hybridized carbons (Fsp3) is 0.500. The van der Waals surface area contributed by atoms with Crippen LogP contribution in [-0.2, 0) is 9.59 Å². The number of ether oxygens (including phenoxy) is 1. The van der Waals surface area contributed by atoms with Gasteiger partial charge in [-0.15, -0.1) is 0 Å². The van der Waals surface area contributed by atoms with Gasteiger partial charge in [-0.25, -0.2) is 0 Å². The van der Waals surface area contributed by atoms with Crippen molar-refractivity contribution >= 4 is 23.3 Å². The number of amides is 1. The average molecular weight is 310 g/mol. The molecular weight excluding hydrogens is 290 g/mol. The summed E-state index contributed by atoms with van der Waals surface area (Å²) < 4.78 is 5.63. The molecule has 0 bridgehead atoms. The van der Waals surface area contributed by atoms with Crippen LogP contribution in [0.5, 0.6) is 5.75 Å². The van der Waals surface area contributed by atoms with Crippen LogP contribution in [0.25, 0.3) is 0 Å². The second kappa shape index (κ2) is 7.46. The highest BCUT2D eigenvalue weighted by Gasteiger charge is 2.25. The van der Waals surface area contributed by atoms with E-state index < -0.39 is 0 Å². The molecular formula is C16H20ClNO3. The summed E-state index contributed by atoms with van der Waals surface area (Å²) in [5.41, 5.74) is 0.975. The van der Waals surface area contributed by atoms with Gasteiger partial charge in [-0.1, -0.05) is 11.6 Å². The Bertz CT molecular complexity index is 530. The number of ketones is 1. The standard InChI is InChI=1S/C16H20ClNO3/c1-11-10-12(17)7-8-15(11)21-9-3-6-16(20)18-13-4-2-5-14(13)19/h7-8,10,13H,2-6,9H2,1H3,(H,18,20). The number of hydrogen-bond donors (Lipinski definition) is 1. The molecule has 1 fully saturated rings. The molecule has 0 saturated heterocycles. The summed E-state index contributed by atoms with van der Waals surface area (Å²) in [5, 5.41) is 3.47. The summed E-state index contributed by atoms with van der Waals surface area (Å²) in [4.78, 5) is 23.2. The molecule has 0 radical (unpaired) electrons. The Kier molecular flexibility index (Phi) is 5.62. The first-order valence-corrected chi connectivity index (χ1v) is 7.65. The number of benzene rings is 1. The molecule has 5 heteroatoms. The van der Waals surface area contributed by atoms with Crippen molar-refractivity contribution in [2.45, 2.75) is 45.1 Å². The first-order valence-electron chi connectivity index (χ1n) is 7.27. The molecule has 1 amide bonds.